The van der Waals surface area contributed by atoms with Crippen molar-refractivity contribution < 1.29 is 5.11 Å². The Balaban J connectivity index is 2.28. The number of aliphatic hydroxyl groups is 1. The number of imidazole rings is 1. The van der Waals surface area contributed by atoms with Gasteiger partial charge in [-0.2, -0.15) is 0 Å². The normalized spacial score (nSPS) is 12.0. The Bertz CT molecular complexity index is 262. The fourth-order valence-electron chi connectivity index (χ4n) is 1.06. The van der Waals surface area contributed by atoms with Crippen LogP contribution in [0.5, 0.6) is 0 Å². The highest BCUT2D eigenvalue weighted by Crippen LogP contribution is 1.99. The van der Waals surface area contributed by atoms with Crippen LogP contribution >= 0.6 is 0 Å². The number of rotatable bonds is 4. The topological polar surface area (TPSA) is 60.9 Å². The largest absolute Gasteiger partial charge is 0.389 e. The smallest absolute Gasteiger partial charge is 0.103 e. The van der Waals surface area contributed by atoms with Crippen LogP contribution in [0.15, 0.2) is 6.20 Å². The summed E-state index contributed by atoms with van der Waals surface area (Å²) in [5.41, 5.74) is 0.386. The van der Waals surface area contributed by atoms with Gasteiger partial charge in [-0.3, -0.25) is 0 Å². The molecular weight excluding hydrogens is 166 g/mol. The van der Waals surface area contributed by atoms with Crippen LogP contribution in [0.1, 0.15) is 25.4 Å². The van der Waals surface area contributed by atoms with Gasteiger partial charge in [-0.15, -0.1) is 0 Å². The van der Waals surface area contributed by atoms with Crippen molar-refractivity contribution in [3.8, 4) is 0 Å². The van der Waals surface area contributed by atoms with Gasteiger partial charge in [0.25, 0.3) is 0 Å². The molecule has 0 saturated heterocycles. The lowest BCUT2D eigenvalue weighted by molar-refractivity contribution is 0.0794. The molecule has 1 aromatic heterocycles. The molecule has 74 valence electrons. The molecule has 0 aliphatic carbocycles. The SMILES string of the molecule is Cc1ncc(CNCC(C)(C)O)[nH]1. The first-order valence-electron chi connectivity index (χ1n) is 4.41. The molecule has 1 aromatic rings. The van der Waals surface area contributed by atoms with Crippen LogP contribution in [0, 0.1) is 6.92 Å². The Kier molecular flexibility index (Phi) is 3.06. The van der Waals surface area contributed by atoms with Crippen molar-refractivity contribution >= 4 is 0 Å². The first kappa shape index (κ1) is 10.2. The molecular formula is C9H17N3O. The Morgan fingerprint density at radius 1 is 1.62 bits per heavy atom. The van der Waals surface area contributed by atoms with Crippen LogP contribution in [0.2, 0.25) is 0 Å². The molecule has 0 aliphatic rings. The summed E-state index contributed by atoms with van der Waals surface area (Å²) < 4.78 is 0. The number of nitrogens with one attached hydrogen (secondary N) is 2. The third-order valence-electron chi connectivity index (χ3n) is 1.63. The van der Waals surface area contributed by atoms with Gasteiger partial charge in [0.1, 0.15) is 5.82 Å². The van der Waals surface area contributed by atoms with E-state index in [-0.39, 0.29) is 0 Å². The second-order valence-electron chi connectivity index (χ2n) is 3.91. The molecule has 1 heterocycles. The summed E-state index contributed by atoms with van der Waals surface area (Å²) >= 11 is 0. The number of hydrogen-bond acceptors (Lipinski definition) is 3. The summed E-state index contributed by atoms with van der Waals surface area (Å²) in [5.74, 6) is 0.917. The molecule has 0 spiro atoms. The van der Waals surface area contributed by atoms with E-state index in [9.17, 15) is 5.11 Å². The first-order chi connectivity index (χ1) is 5.97. The molecule has 0 amide bonds. The zero-order valence-electron chi connectivity index (χ0n) is 8.39. The van der Waals surface area contributed by atoms with Gasteiger partial charge in [0.05, 0.1) is 5.60 Å². The summed E-state index contributed by atoms with van der Waals surface area (Å²) in [6.07, 6.45) is 1.80. The molecule has 0 fully saturated rings. The number of aryl methyl sites for hydroxylation is 1. The van der Waals surface area contributed by atoms with Crippen LogP contribution in [-0.2, 0) is 6.54 Å². The van der Waals surface area contributed by atoms with E-state index in [1.165, 1.54) is 0 Å². The van der Waals surface area contributed by atoms with Crippen molar-refractivity contribution in [1.29, 1.82) is 0 Å². The molecule has 0 aliphatic heterocycles. The van der Waals surface area contributed by atoms with E-state index in [1.807, 2.05) is 6.92 Å². The van der Waals surface area contributed by atoms with Gasteiger partial charge in [-0.1, -0.05) is 0 Å². The van der Waals surface area contributed by atoms with E-state index in [2.05, 4.69) is 15.3 Å². The number of nitrogens with zero attached hydrogens (tertiary/aromatic N) is 1. The molecule has 0 saturated carbocycles. The highest BCUT2D eigenvalue weighted by Gasteiger charge is 2.10. The van der Waals surface area contributed by atoms with Gasteiger partial charge in [0.15, 0.2) is 0 Å². The zero-order valence-corrected chi connectivity index (χ0v) is 8.39. The molecule has 0 bridgehead atoms. The predicted molar refractivity (Wildman–Crippen MR) is 51.3 cm³/mol. The fourth-order valence-corrected chi connectivity index (χ4v) is 1.06. The van der Waals surface area contributed by atoms with Crippen LogP contribution in [0.3, 0.4) is 0 Å². The zero-order chi connectivity index (χ0) is 9.90. The molecule has 3 N–H and O–H groups in total. The van der Waals surface area contributed by atoms with E-state index in [0.717, 1.165) is 11.5 Å². The highest BCUT2D eigenvalue weighted by atomic mass is 16.3. The molecule has 0 atom stereocenters. The van der Waals surface area contributed by atoms with Crippen LogP contribution < -0.4 is 5.32 Å². The maximum atomic E-state index is 9.41. The fraction of sp³-hybridized carbons (Fsp3) is 0.667. The third kappa shape index (κ3) is 4.05. The van der Waals surface area contributed by atoms with E-state index in [0.29, 0.717) is 13.1 Å². The Morgan fingerprint density at radius 3 is 2.77 bits per heavy atom. The molecule has 0 aromatic carbocycles. The number of aromatic nitrogens is 2. The number of H-pyrrole nitrogens is 1. The summed E-state index contributed by atoms with van der Waals surface area (Å²) in [6, 6.07) is 0. The Morgan fingerprint density at radius 2 is 2.31 bits per heavy atom. The van der Waals surface area contributed by atoms with Crippen LogP contribution in [0.4, 0.5) is 0 Å². The lowest BCUT2D eigenvalue weighted by Crippen LogP contribution is -2.34. The number of hydrogen-bond donors (Lipinski definition) is 3. The van der Waals surface area contributed by atoms with E-state index < -0.39 is 5.60 Å². The molecule has 4 heteroatoms. The average molecular weight is 183 g/mol. The van der Waals surface area contributed by atoms with Gasteiger partial charge in [0, 0.05) is 25.0 Å². The monoisotopic (exact) mass is 183 g/mol. The highest BCUT2D eigenvalue weighted by molar-refractivity contribution is 4.99. The van der Waals surface area contributed by atoms with Crippen molar-refractivity contribution in [3.05, 3.63) is 17.7 Å². The van der Waals surface area contributed by atoms with Gasteiger partial charge >= 0.3 is 0 Å². The van der Waals surface area contributed by atoms with Gasteiger partial charge < -0.3 is 15.4 Å². The van der Waals surface area contributed by atoms with Crippen molar-refractivity contribution in [2.24, 2.45) is 0 Å². The van der Waals surface area contributed by atoms with Gasteiger partial charge in [0.2, 0.25) is 0 Å². The number of aromatic amines is 1. The Labute approximate surface area is 78.4 Å². The summed E-state index contributed by atoms with van der Waals surface area (Å²) in [6.45, 7) is 6.76. The lowest BCUT2D eigenvalue weighted by atomic mass is 10.1. The van der Waals surface area contributed by atoms with Crippen LogP contribution in [-0.4, -0.2) is 27.2 Å². The van der Waals surface area contributed by atoms with E-state index in [1.54, 1.807) is 20.0 Å². The minimum absolute atomic E-state index is 0.574. The molecule has 0 radical (unpaired) electrons. The first-order valence-corrected chi connectivity index (χ1v) is 4.41. The van der Waals surface area contributed by atoms with E-state index >= 15 is 0 Å². The quantitative estimate of drug-likeness (QED) is 0.640. The van der Waals surface area contributed by atoms with Gasteiger partial charge in [-0.25, -0.2) is 4.98 Å². The molecule has 1 rings (SSSR count). The Hall–Kier alpha value is -0.870. The minimum atomic E-state index is -0.658. The van der Waals surface area contributed by atoms with Crippen molar-refractivity contribution in [2.75, 3.05) is 6.54 Å². The predicted octanol–water partition coefficient (Wildman–Crippen LogP) is 0.579. The summed E-state index contributed by atoms with van der Waals surface area (Å²) in [7, 11) is 0. The second kappa shape index (κ2) is 3.89. The molecule has 0 unspecified atom stereocenters. The van der Waals surface area contributed by atoms with Crippen molar-refractivity contribution in [2.45, 2.75) is 32.9 Å². The van der Waals surface area contributed by atoms with E-state index in [4.69, 9.17) is 0 Å². The minimum Gasteiger partial charge on any atom is -0.389 e. The van der Waals surface area contributed by atoms with Crippen molar-refractivity contribution in [1.82, 2.24) is 15.3 Å². The summed E-state index contributed by atoms with van der Waals surface area (Å²) in [4.78, 5) is 7.18. The standard InChI is InChI=1S/C9H17N3O/c1-7-11-5-8(12-7)4-10-6-9(2,3)13/h5,10,13H,4,6H2,1-3H3,(H,11,12). The molecule has 13 heavy (non-hydrogen) atoms. The van der Waals surface area contributed by atoms with Crippen LogP contribution in [0.25, 0.3) is 0 Å². The second-order valence-corrected chi connectivity index (χ2v) is 3.91. The van der Waals surface area contributed by atoms with Gasteiger partial charge in [-0.05, 0) is 20.8 Å². The van der Waals surface area contributed by atoms with Crippen molar-refractivity contribution in [3.63, 3.8) is 0 Å². The third-order valence-corrected chi connectivity index (χ3v) is 1.63. The maximum Gasteiger partial charge on any atom is 0.103 e. The molecule has 4 nitrogen and oxygen atoms in total. The lowest BCUT2D eigenvalue weighted by Gasteiger charge is -2.17. The maximum absolute atomic E-state index is 9.41. The average Bonchev–Trinajstić information content (AvgIpc) is 2.33. The summed E-state index contributed by atoms with van der Waals surface area (Å²) in [5, 5.41) is 12.5.